The monoisotopic (exact) mass is 499 g/mol. The predicted molar refractivity (Wildman–Crippen MR) is 137 cm³/mol. The number of nitro groups is 1. The molecule has 1 aliphatic heterocycles. The highest BCUT2D eigenvalue weighted by molar-refractivity contribution is 7.93. The van der Waals surface area contributed by atoms with Gasteiger partial charge in [0.2, 0.25) is 0 Å². The van der Waals surface area contributed by atoms with Gasteiger partial charge in [-0.05, 0) is 53.6 Å². The zero-order valence-corrected chi connectivity index (χ0v) is 20.1. The van der Waals surface area contributed by atoms with Crippen molar-refractivity contribution in [2.45, 2.75) is 11.3 Å². The molecule has 4 aromatic rings. The molecule has 0 fully saturated rings. The molecule has 180 valence electrons. The van der Waals surface area contributed by atoms with Crippen LogP contribution in [0.25, 0.3) is 0 Å². The molecule has 0 aliphatic carbocycles. The van der Waals surface area contributed by atoms with Gasteiger partial charge in [0.25, 0.3) is 21.6 Å². The first kappa shape index (κ1) is 23.3. The van der Waals surface area contributed by atoms with Crippen LogP contribution in [0.3, 0.4) is 0 Å². The zero-order valence-electron chi connectivity index (χ0n) is 19.2. The fourth-order valence-electron chi connectivity index (χ4n) is 4.47. The smallest absolute Gasteiger partial charge is 0.272 e. The molecule has 0 bridgehead atoms. The summed E-state index contributed by atoms with van der Waals surface area (Å²) in [6.07, 6.45) is 0.470. The number of sulfonamides is 1. The van der Waals surface area contributed by atoms with E-state index in [0.717, 1.165) is 51.1 Å². The molecule has 1 amide bonds. The van der Waals surface area contributed by atoms with Crippen LogP contribution in [0.4, 0.5) is 22.7 Å². The van der Waals surface area contributed by atoms with Crippen molar-refractivity contribution < 1.29 is 18.1 Å². The predicted octanol–water partition coefficient (Wildman–Crippen LogP) is 5.30. The number of anilines is 3. The molecule has 0 spiro atoms. The van der Waals surface area contributed by atoms with E-state index in [-0.39, 0.29) is 21.8 Å². The van der Waals surface area contributed by atoms with Gasteiger partial charge in [-0.25, -0.2) is 8.42 Å². The molecule has 8 nitrogen and oxygen atoms in total. The summed E-state index contributed by atoms with van der Waals surface area (Å²) in [5.74, 6) is -0.704. The van der Waals surface area contributed by atoms with Gasteiger partial charge in [0.15, 0.2) is 0 Å². The maximum Gasteiger partial charge on any atom is 0.272 e. The number of fused-ring (bicyclic) bond motifs is 2. The van der Waals surface area contributed by atoms with E-state index in [1.54, 1.807) is 30.3 Å². The SMILES string of the molecule is CN1c2ccccc2Cc2c(C(=O)N(c3ccccc3)S(=O)(=O)c3ccc([N+](=O)[O-])cc3)cccc21. The Balaban J connectivity index is 1.64. The number of nitrogens with zero attached hydrogens (tertiary/aromatic N) is 3. The van der Waals surface area contributed by atoms with Crippen molar-refractivity contribution in [2.75, 3.05) is 16.3 Å². The Labute approximate surface area is 208 Å². The van der Waals surface area contributed by atoms with Crippen molar-refractivity contribution in [1.82, 2.24) is 0 Å². The van der Waals surface area contributed by atoms with Crippen LogP contribution in [0, 0.1) is 10.1 Å². The first-order valence-corrected chi connectivity index (χ1v) is 12.6. The van der Waals surface area contributed by atoms with E-state index in [1.165, 1.54) is 12.1 Å². The van der Waals surface area contributed by atoms with Crippen LogP contribution in [0.15, 0.2) is 102 Å². The average Bonchev–Trinajstić information content (AvgIpc) is 2.89. The second-order valence-corrected chi connectivity index (χ2v) is 10.1. The van der Waals surface area contributed by atoms with Gasteiger partial charge in [0.1, 0.15) is 0 Å². The van der Waals surface area contributed by atoms with Crippen LogP contribution in [0.1, 0.15) is 21.5 Å². The number of rotatable bonds is 5. The molecule has 1 aliphatic rings. The highest BCUT2D eigenvalue weighted by atomic mass is 32.2. The van der Waals surface area contributed by atoms with Crippen molar-refractivity contribution in [2.24, 2.45) is 0 Å². The summed E-state index contributed by atoms with van der Waals surface area (Å²) in [5.41, 5.74) is 3.78. The van der Waals surface area contributed by atoms with Crippen LogP contribution < -0.4 is 9.21 Å². The van der Waals surface area contributed by atoms with Crippen LogP contribution in [-0.2, 0) is 16.4 Å². The molecule has 5 rings (SSSR count). The lowest BCUT2D eigenvalue weighted by Crippen LogP contribution is -2.38. The van der Waals surface area contributed by atoms with E-state index in [2.05, 4.69) is 0 Å². The van der Waals surface area contributed by atoms with Crippen molar-refractivity contribution in [3.05, 3.63) is 124 Å². The minimum Gasteiger partial charge on any atom is -0.344 e. The Morgan fingerprint density at radius 2 is 1.50 bits per heavy atom. The van der Waals surface area contributed by atoms with Crippen molar-refractivity contribution in [3.63, 3.8) is 0 Å². The van der Waals surface area contributed by atoms with Gasteiger partial charge in [0, 0.05) is 42.5 Å². The number of benzene rings is 4. The summed E-state index contributed by atoms with van der Waals surface area (Å²) in [5, 5.41) is 11.0. The van der Waals surface area contributed by atoms with Crippen molar-refractivity contribution in [1.29, 1.82) is 0 Å². The second-order valence-electron chi connectivity index (χ2n) is 8.33. The number of nitro benzene ring substituents is 1. The van der Waals surface area contributed by atoms with E-state index in [4.69, 9.17) is 0 Å². The topological polar surface area (TPSA) is 101 Å². The third-order valence-electron chi connectivity index (χ3n) is 6.22. The Morgan fingerprint density at radius 3 is 2.19 bits per heavy atom. The molecule has 9 heteroatoms. The molecule has 1 heterocycles. The van der Waals surface area contributed by atoms with Gasteiger partial charge in [-0.1, -0.05) is 42.5 Å². The molecule has 0 radical (unpaired) electrons. The van der Waals surface area contributed by atoms with E-state index >= 15 is 0 Å². The summed E-state index contributed by atoms with van der Waals surface area (Å²) in [4.78, 5) is 26.3. The van der Waals surface area contributed by atoms with E-state index in [0.29, 0.717) is 6.42 Å². The number of hydrogen-bond acceptors (Lipinski definition) is 6. The Bertz CT molecular complexity index is 1590. The minimum atomic E-state index is -4.40. The first-order chi connectivity index (χ1) is 17.3. The lowest BCUT2D eigenvalue weighted by Gasteiger charge is -2.32. The Morgan fingerprint density at radius 1 is 0.861 bits per heavy atom. The van der Waals surface area contributed by atoms with Gasteiger partial charge >= 0.3 is 0 Å². The summed E-state index contributed by atoms with van der Waals surface area (Å²) in [6.45, 7) is 0. The van der Waals surface area contributed by atoms with Gasteiger partial charge < -0.3 is 4.90 Å². The lowest BCUT2D eigenvalue weighted by molar-refractivity contribution is -0.384. The molecule has 0 atom stereocenters. The lowest BCUT2D eigenvalue weighted by atomic mass is 9.92. The summed E-state index contributed by atoms with van der Waals surface area (Å²) >= 11 is 0. The molecular formula is C27H21N3O5S. The number of hydrogen-bond donors (Lipinski definition) is 0. The number of non-ortho nitro benzene ring substituents is 1. The largest absolute Gasteiger partial charge is 0.344 e. The van der Waals surface area contributed by atoms with E-state index < -0.39 is 20.9 Å². The molecule has 4 aromatic carbocycles. The zero-order chi connectivity index (χ0) is 25.4. The third kappa shape index (κ3) is 3.89. The first-order valence-electron chi connectivity index (χ1n) is 11.1. The summed E-state index contributed by atoms with van der Waals surface area (Å²) in [7, 11) is -2.49. The highest BCUT2D eigenvalue weighted by Gasteiger charge is 2.35. The summed E-state index contributed by atoms with van der Waals surface area (Å²) in [6, 6.07) is 25.7. The fraction of sp³-hybridized carbons (Fsp3) is 0.0741. The van der Waals surface area contributed by atoms with Gasteiger partial charge in [-0.2, -0.15) is 4.31 Å². The maximum absolute atomic E-state index is 14.1. The van der Waals surface area contributed by atoms with E-state index in [1.807, 2.05) is 42.3 Å². The van der Waals surface area contributed by atoms with E-state index in [9.17, 15) is 23.3 Å². The van der Waals surface area contributed by atoms with Crippen molar-refractivity contribution >= 4 is 38.7 Å². The number of carbonyl (C=O) groups excluding carboxylic acids is 1. The second kappa shape index (κ2) is 8.94. The Kier molecular flexibility index (Phi) is 5.77. The van der Waals surface area contributed by atoms with Gasteiger partial charge in [0.05, 0.1) is 15.5 Å². The number of para-hydroxylation sites is 2. The molecule has 36 heavy (non-hydrogen) atoms. The molecule has 0 aromatic heterocycles. The minimum absolute atomic E-state index is 0.169. The molecule has 0 saturated carbocycles. The highest BCUT2D eigenvalue weighted by Crippen LogP contribution is 2.40. The maximum atomic E-state index is 14.1. The molecule has 0 N–H and O–H groups in total. The van der Waals surface area contributed by atoms with Gasteiger partial charge in [-0.15, -0.1) is 0 Å². The van der Waals surface area contributed by atoms with Crippen molar-refractivity contribution in [3.8, 4) is 0 Å². The van der Waals surface area contributed by atoms with Crippen LogP contribution in [0.5, 0.6) is 0 Å². The van der Waals surface area contributed by atoms with Crippen LogP contribution >= 0.6 is 0 Å². The van der Waals surface area contributed by atoms with Gasteiger partial charge in [-0.3, -0.25) is 14.9 Å². The molecular weight excluding hydrogens is 478 g/mol. The third-order valence-corrected chi connectivity index (χ3v) is 7.95. The number of amides is 1. The van der Waals surface area contributed by atoms with Crippen LogP contribution in [-0.4, -0.2) is 26.3 Å². The quantitative estimate of drug-likeness (QED) is 0.273. The molecule has 0 unspecified atom stereocenters. The summed E-state index contributed by atoms with van der Waals surface area (Å²) < 4.78 is 28.3. The molecule has 0 saturated heterocycles. The number of carbonyl (C=O) groups is 1. The standard InChI is InChI=1S/C27H21N3O5S/c1-28-25-12-6-5-8-19(25)18-24-23(11-7-13-26(24)28)27(31)29(20-9-3-2-4-10-20)36(34,35)22-16-14-21(15-17-22)30(32)33/h2-17H,18H2,1H3. The average molecular weight is 500 g/mol. The normalized spacial score (nSPS) is 12.4. The van der Waals surface area contributed by atoms with Crippen LogP contribution in [0.2, 0.25) is 0 Å². The Hall–Kier alpha value is -4.50. The fourth-order valence-corrected chi connectivity index (χ4v) is 5.87.